The Labute approximate surface area is 122 Å². The predicted octanol–water partition coefficient (Wildman–Crippen LogP) is 1.01. The molecule has 0 radical (unpaired) electrons. The lowest BCUT2D eigenvalue weighted by atomic mass is 10.2. The fourth-order valence-corrected chi connectivity index (χ4v) is 1.90. The highest BCUT2D eigenvalue weighted by Crippen LogP contribution is 2.04. The van der Waals surface area contributed by atoms with E-state index in [4.69, 9.17) is 11.0 Å². The van der Waals surface area contributed by atoms with Crippen LogP contribution in [0.1, 0.15) is 43.5 Å². The van der Waals surface area contributed by atoms with Crippen LogP contribution in [0.2, 0.25) is 0 Å². The molecule has 6 nitrogen and oxygen atoms in total. The summed E-state index contributed by atoms with van der Waals surface area (Å²) in [6, 6.07) is 0. The second-order valence-electron chi connectivity index (χ2n) is 4.13. The number of nitrogens with zero attached hydrogens (tertiary/aromatic N) is 4. The number of aromatic nitrogens is 4. The topological polar surface area (TPSA) is 61.8 Å². The molecule has 2 heterocycles. The molecule has 0 atom stereocenters. The maximum absolute atomic E-state index is 12.6. The van der Waals surface area contributed by atoms with Gasteiger partial charge in [0, 0.05) is 31.5 Å². The van der Waals surface area contributed by atoms with Crippen molar-refractivity contribution in [3.63, 3.8) is 0 Å². The van der Waals surface area contributed by atoms with Crippen LogP contribution in [0.5, 0.6) is 0 Å². The minimum absolute atomic E-state index is 0.0113. The molecule has 0 aromatic carbocycles. The Bertz CT molecular complexity index is 951. The average molecular weight is 272 g/mol. The van der Waals surface area contributed by atoms with E-state index in [1.807, 2.05) is 0 Å². The van der Waals surface area contributed by atoms with Gasteiger partial charge in [0.15, 0.2) is 11.2 Å². The van der Waals surface area contributed by atoms with Crippen molar-refractivity contribution >= 4 is 11.2 Å². The molecule has 0 fully saturated rings. The molecule has 0 aliphatic rings. The van der Waals surface area contributed by atoms with Crippen LogP contribution in [0, 0.1) is 0 Å². The standard InChI is InChI=1S/C13H20N4O2/c1-4-5-6-7-8-17-12(18)10-11(14-9-15(10)2)16(3)13(17)19/h9H,4-8H2,1-3H3/i1D3,3D3,5D2. The van der Waals surface area contributed by atoms with Gasteiger partial charge in [-0.2, -0.15) is 0 Å². The van der Waals surface area contributed by atoms with E-state index in [1.54, 1.807) is 0 Å². The van der Waals surface area contributed by atoms with Crippen molar-refractivity contribution in [2.24, 2.45) is 14.0 Å². The highest BCUT2D eigenvalue weighted by Gasteiger charge is 2.14. The maximum Gasteiger partial charge on any atom is 0.332 e. The molecule has 0 saturated heterocycles. The zero-order valence-electron chi connectivity index (χ0n) is 18.5. The van der Waals surface area contributed by atoms with Crippen LogP contribution in [0.15, 0.2) is 15.9 Å². The Morgan fingerprint density at radius 2 is 2.26 bits per heavy atom. The molecule has 0 unspecified atom stereocenters. The average Bonchev–Trinajstić information content (AvgIpc) is 2.80. The molecular weight excluding hydrogens is 244 g/mol. The van der Waals surface area contributed by atoms with Crippen LogP contribution >= 0.6 is 0 Å². The summed E-state index contributed by atoms with van der Waals surface area (Å²) < 4.78 is 62.2. The van der Waals surface area contributed by atoms with Gasteiger partial charge in [-0.3, -0.25) is 13.9 Å². The third-order valence-electron chi connectivity index (χ3n) is 2.86. The van der Waals surface area contributed by atoms with Crippen molar-refractivity contribution < 1.29 is 11.0 Å². The largest absolute Gasteiger partial charge is 0.332 e. The molecule has 0 aliphatic heterocycles. The van der Waals surface area contributed by atoms with E-state index < -0.39 is 37.9 Å². The number of fused-ring (bicyclic) bond motifs is 1. The van der Waals surface area contributed by atoms with E-state index in [1.165, 1.54) is 17.9 Å². The van der Waals surface area contributed by atoms with Crippen LogP contribution < -0.4 is 11.2 Å². The fraction of sp³-hybridized carbons (Fsp3) is 0.615. The Morgan fingerprint density at radius 1 is 1.42 bits per heavy atom. The molecule has 0 amide bonds. The third-order valence-corrected chi connectivity index (χ3v) is 2.86. The van der Waals surface area contributed by atoms with Crippen molar-refractivity contribution in [1.29, 1.82) is 0 Å². The molecule has 0 spiro atoms. The normalized spacial score (nSPS) is 19.6. The zero-order valence-corrected chi connectivity index (χ0v) is 10.5. The van der Waals surface area contributed by atoms with Crippen LogP contribution in [0.4, 0.5) is 0 Å². The number of imidazole rings is 1. The van der Waals surface area contributed by atoms with Gasteiger partial charge in [0.1, 0.15) is 0 Å². The van der Waals surface area contributed by atoms with Gasteiger partial charge in [0.2, 0.25) is 0 Å². The monoisotopic (exact) mass is 272 g/mol. The van der Waals surface area contributed by atoms with Gasteiger partial charge in [-0.05, 0) is 6.42 Å². The van der Waals surface area contributed by atoms with Gasteiger partial charge < -0.3 is 4.57 Å². The van der Waals surface area contributed by atoms with Gasteiger partial charge in [-0.25, -0.2) is 9.78 Å². The first kappa shape index (κ1) is 6.54. The molecule has 6 heteroatoms. The van der Waals surface area contributed by atoms with E-state index in [9.17, 15) is 9.59 Å². The maximum atomic E-state index is 12.6. The van der Waals surface area contributed by atoms with Crippen molar-refractivity contribution in [3.8, 4) is 0 Å². The quantitative estimate of drug-likeness (QED) is 0.816. The number of rotatable bonds is 5. The van der Waals surface area contributed by atoms with Gasteiger partial charge in [-0.15, -0.1) is 0 Å². The second-order valence-corrected chi connectivity index (χ2v) is 4.13. The van der Waals surface area contributed by atoms with Crippen LogP contribution in [-0.4, -0.2) is 18.7 Å². The molecule has 0 N–H and O–H groups in total. The Kier molecular flexibility index (Phi) is 1.87. The van der Waals surface area contributed by atoms with E-state index in [0.717, 1.165) is 4.57 Å². The molecule has 104 valence electrons. The van der Waals surface area contributed by atoms with Crippen molar-refractivity contribution in [2.45, 2.75) is 39.0 Å². The second kappa shape index (κ2) is 5.42. The molecular formula is C13H20N4O2. The highest BCUT2D eigenvalue weighted by atomic mass is 16.2. The summed E-state index contributed by atoms with van der Waals surface area (Å²) in [6.07, 6.45) is -1.65. The van der Waals surface area contributed by atoms with Gasteiger partial charge >= 0.3 is 5.69 Å². The first-order valence-corrected chi connectivity index (χ1v) is 5.81. The molecule has 0 bridgehead atoms. The van der Waals surface area contributed by atoms with Gasteiger partial charge in [0.05, 0.1) is 6.33 Å². The SMILES string of the molecule is [2H]C([2H])([2H])CC([2H])([2H])CCCn1c(=O)c2c(ncn2C)n(C([2H])([2H])[2H])c1=O. The van der Waals surface area contributed by atoms with E-state index in [0.29, 0.717) is 4.57 Å². The molecule has 2 rings (SSSR count). The first-order chi connectivity index (χ1) is 12.1. The van der Waals surface area contributed by atoms with Crippen LogP contribution in [-0.2, 0) is 20.6 Å². The third kappa shape index (κ3) is 2.34. The predicted molar refractivity (Wildman–Crippen MR) is 74.4 cm³/mol. The van der Waals surface area contributed by atoms with E-state index in [-0.39, 0.29) is 30.6 Å². The summed E-state index contributed by atoms with van der Waals surface area (Å²) >= 11 is 0. The summed E-state index contributed by atoms with van der Waals surface area (Å²) in [5.41, 5.74) is -2.10. The first-order valence-electron chi connectivity index (χ1n) is 9.81. The Hall–Kier alpha value is -1.85. The zero-order chi connectivity index (χ0) is 20.8. The van der Waals surface area contributed by atoms with E-state index in [2.05, 4.69) is 4.98 Å². The number of hydrogen-bond donors (Lipinski definition) is 0. The van der Waals surface area contributed by atoms with Crippen molar-refractivity contribution in [1.82, 2.24) is 18.7 Å². The highest BCUT2D eigenvalue weighted by molar-refractivity contribution is 5.69. The summed E-state index contributed by atoms with van der Waals surface area (Å²) in [6.45, 7) is -5.54. The molecule has 0 saturated carbocycles. The summed E-state index contributed by atoms with van der Waals surface area (Å²) in [7, 11) is 1.49. The number of hydrogen-bond acceptors (Lipinski definition) is 3. The lowest BCUT2D eigenvalue weighted by Crippen LogP contribution is -2.39. The molecule has 0 aliphatic carbocycles. The smallest absolute Gasteiger partial charge is 0.328 e. The number of aryl methyl sites for hydroxylation is 2. The Morgan fingerprint density at radius 3 is 3.00 bits per heavy atom. The van der Waals surface area contributed by atoms with Crippen LogP contribution in [0.25, 0.3) is 11.2 Å². The van der Waals surface area contributed by atoms with Gasteiger partial charge in [0.25, 0.3) is 5.56 Å². The van der Waals surface area contributed by atoms with E-state index >= 15 is 0 Å². The summed E-state index contributed by atoms with van der Waals surface area (Å²) in [5.74, 6) is 0. The molecule has 19 heavy (non-hydrogen) atoms. The van der Waals surface area contributed by atoms with Crippen molar-refractivity contribution in [3.05, 3.63) is 27.2 Å². The van der Waals surface area contributed by atoms with Crippen molar-refractivity contribution in [2.75, 3.05) is 0 Å². The summed E-state index contributed by atoms with van der Waals surface area (Å²) in [4.78, 5) is 29.0. The minimum Gasteiger partial charge on any atom is -0.328 e. The fourth-order valence-electron chi connectivity index (χ4n) is 1.90. The Balaban J connectivity index is 2.41. The lowest BCUT2D eigenvalue weighted by molar-refractivity contribution is 0.539. The van der Waals surface area contributed by atoms with Gasteiger partial charge in [-0.1, -0.05) is 26.1 Å². The summed E-state index contributed by atoms with van der Waals surface area (Å²) in [5, 5.41) is 0. The minimum atomic E-state index is -2.85. The molecule has 2 aromatic heterocycles. The van der Waals surface area contributed by atoms with Crippen LogP contribution in [0.3, 0.4) is 0 Å². The molecule has 2 aromatic rings. The lowest BCUT2D eigenvalue weighted by Gasteiger charge is -2.08.